The van der Waals surface area contributed by atoms with Gasteiger partial charge in [0, 0.05) is 0 Å². The van der Waals surface area contributed by atoms with Crippen molar-refractivity contribution in [3.8, 4) is 0 Å². The number of ether oxygens (including phenoxy) is 3. The van der Waals surface area contributed by atoms with E-state index in [-0.39, 0.29) is 6.61 Å². The number of benzene rings is 1. The van der Waals surface area contributed by atoms with Crippen LogP contribution in [0.25, 0.3) is 0 Å². The zero-order chi connectivity index (χ0) is 16.4. The Balaban J connectivity index is 2.59. The minimum absolute atomic E-state index is 0.000170. The molecule has 0 saturated heterocycles. The van der Waals surface area contributed by atoms with Crippen molar-refractivity contribution in [2.45, 2.75) is 45.6 Å². The van der Waals surface area contributed by atoms with Gasteiger partial charge in [0.25, 0.3) is 0 Å². The quantitative estimate of drug-likeness (QED) is 0.684. The number of hydrogen-bond acceptors (Lipinski definition) is 5. The molecule has 1 unspecified atom stereocenters. The second-order valence-electron chi connectivity index (χ2n) is 5.03. The van der Waals surface area contributed by atoms with Crippen molar-refractivity contribution < 1.29 is 23.8 Å². The van der Waals surface area contributed by atoms with Gasteiger partial charge in [-0.25, -0.2) is 9.59 Å². The van der Waals surface area contributed by atoms with Gasteiger partial charge in [-0.3, -0.25) is 0 Å². The molecule has 0 N–H and O–H groups in total. The monoisotopic (exact) mass is 308 g/mol. The van der Waals surface area contributed by atoms with Crippen LogP contribution in [0, 0.1) is 0 Å². The minimum Gasteiger partial charge on any atom is -0.455 e. The first-order chi connectivity index (χ1) is 10.6. The SMILES string of the molecule is CCCc1ccc(C(=O)OC(CCC)COC(=O)OC)cc1. The first-order valence-electron chi connectivity index (χ1n) is 7.61. The van der Waals surface area contributed by atoms with E-state index in [9.17, 15) is 9.59 Å². The fourth-order valence-corrected chi connectivity index (χ4v) is 2.03. The third kappa shape index (κ3) is 6.16. The van der Waals surface area contributed by atoms with Crippen LogP contribution in [0.3, 0.4) is 0 Å². The smallest absolute Gasteiger partial charge is 0.455 e. The summed E-state index contributed by atoms with van der Waals surface area (Å²) in [5.74, 6) is -0.407. The van der Waals surface area contributed by atoms with Gasteiger partial charge in [0.05, 0.1) is 12.7 Å². The van der Waals surface area contributed by atoms with Crippen LogP contribution in [0.5, 0.6) is 0 Å². The van der Waals surface area contributed by atoms with Gasteiger partial charge in [-0.05, 0) is 30.5 Å². The van der Waals surface area contributed by atoms with Crippen molar-refractivity contribution >= 4 is 12.1 Å². The van der Waals surface area contributed by atoms with E-state index in [0.29, 0.717) is 12.0 Å². The summed E-state index contributed by atoms with van der Waals surface area (Å²) < 4.78 is 14.7. The lowest BCUT2D eigenvalue weighted by Crippen LogP contribution is -2.25. The average molecular weight is 308 g/mol. The summed E-state index contributed by atoms with van der Waals surface area (Å²) >= 11 is 0. The van der Waals surface area contributed by atoms with Gasteiger partial charge in [0.1, 0.15) is 12.7 Å². The number of rotatable bonds is 8. The molecule has 122 valence electrons. The number of methoxy groups -OCH3 is 1. The predicted octanol–water partition coefficient (Wildman–Crippen LogP) is 3.75. The van der Waals surface area contributed by atoms with E-state index in [4.69, 9.17) is 9.47 Å². The van der Waals surface area contributed by atoms with E-state index < -0.39 is 18.2 Å². The number of esters is 1. The van der Waals surface area contributed by atoms with Crippen LogP contribution in [0.4, 0.5) is 4.79 Å². The predicted molar refractivity (Wildman–Crippen MR) is 82.9 cm³/mol. The Morgan fingerprint density at radius 1 is 1.09 bits per heavy atom. The Hall–Kier alpha value is -2.04. The van der Waals surface area contributed by atoms with E-state index in [1.807, 2.05) is 19.1 Å². The lowest BCUT2D eigenvalue weighted by molar-refractivity contribution is -0.00500. The number of carbonyl (C=O) groups is 2. The van der Waals surface area contributed by atoms with E-state index in [1.165, 1.54) is 12.7 Å². The van der Waals surface area contributed by atoms with Crippen LogP contribution in [-0.2, 0) is 20.6 Å². The Morgan fingerprint density at radius 3 is 2.32 bits per heavy atom. The lowest BCUT2D eigenvalue weighted by Gasteiger charge is -2.17. The lowest BCUT2D eigenvalue weighted by atomic mass is 10.1. The van der Waals surface area contributed by atoms with Crippen molar-refractivity contribution in [1.29, 1.82) is 0 Å². The molecule has 0 amide bonds. The van der Waals surface area contributed by atoms with Gasteiger partial charge in [-0.1, -0.05) is 38.8 Å². The maximum atomic E-state index is 12.1. The summed E-state index contributed by atoms with van der Waals surface area (Å²) in [4.78, 5) is 23.1. The molecular weight excluding hydrogens is 284 g/mol. The molecule has 0 spiro atoms. The molecule has 0 aliphatic heterocycles. The van der Waals surface area contributed by atoms with Gasteiger partial charge in [0.15, 0.2) is 0 Å². The van der Waals surface area contributed by atoms with Gasteiger partial charge in [-0.2, -0.15) is 0 Å². The Morgan fingerprint density at radius 2 is 1.77 bits per heavy atom. The molecule has 5 heteroatoms. The summed E-state index contributed by atoms with van der Waals surface area (Å²) in [5, 5.41) is 0. The van der Waals surface area contributed by atoms with E-state index in [0.717, 1.165) is 19.3 Å². The molecule has 1 aromatic rings. The molecule has 0 aliphatic rings. The molecule has 0 aromatic heterocycles. The van der Waals surface area contributed by atoms with Crippen LogP contribution in [0.1, 0.15) is 49.0 Å². The molecule has 22 heavy (non-hydrogen) atoms. The highest BCUT2D eigenvalue weighted by atomic mass is 16.7. The molecule has 0 bridgehead atoms. The second kappa shape index (κ2) is 9.82. The molecule has 0 aliphatic carbocycles. The maximum absolute atomic E-state index is 12.1. The Bertz CT molecular complexity index is 466. The van der Waals surface area contributed by atoms with Gasteiger partial charge in [0.2, 0.25) is 0 Å². The highest BCUT2D eigenvalue weighted by Gasteiger charge is 2.17. The summed E-state index contributed by atoms with van der Waals surface area (Å²) in [6.07, 6.45) is 2.25. The topological polar surface area (TPSA) is 61.8 Å². The molecule has 0 heterocycles. The van der Waals surface area contributed by atoms with E-state index >= 15 is 0 Å². The summed E-state index contributed by atoms with van der Waals surface area (Å²) in [6, 6.07) is 7.38. The van der Waals surface area contributed by atoms with Gasteiger partial charge >= 0.3 is 12.1 Å². The van der Waals surface area contributed by atoms with Gasteiger partial charge in [-0.15, -0.1) is 0 Å². The van der Waals surface area contributed by atoms with E-state index in [2.05, 4.69) is 11.7 Å². The molecule has 1 atom stereocenters. The van der Waals surface area contributed by atoms with Crippen molar-refractivity contribution in [2.24, 2.45) is 0 Å². The van der Waals surface area contributed by atoms with Gasteiger partial charge < -0.3 is 14.2 Å². The zero-order valence-corrected chi connectivity index (χ0v) is 13.5. The van der Waals surface area contributed by atoms with Crippen LogP contribution >= 0.6 is 0 Å². The number of hydrogen-bond donors (Lipinski definition) is 0. The Labute approximate surface area is 131 Å². The molecule has 5 nitrogen and oxygen atoms in total. The molecule has 0 radical (unpaired) electrons. The number of carbonyl (C=O) groups excluding carboxylic acids is 2. The molecule has 1 aromatic carbocycles. The normalized spacial score (nSPS) is 11.6. The van der Waals surface area contributed by atoms with Crippen LogP contribution in [0.2, 0.25) is 0 Å². The van der Waals surface area contributed by atoms with Crippen molar-refractivity contribution in [3.63, 3.8) is 0 Å². The van der Waals surface area contributed by atoms with Crippen molar-refractivity contribution in [1.82, 2.24) is 0 Å². The molecule has 1 rings (SSSR count). The molecule has 0 fully saturated rings. The summed E-state index contributed by atoms with van der Waals surface area (Å²) in [7, 11) is 1.24. The van der Waals surface area contributed by atoms with Crippen LogP contribution in [0.15, 0.2) is 24.3 Å². The standard InChI is InChI=1S/C17H24O5/c1-4-6-13-8-10-14(11-9-13)16(18)22-15(7-5-2)12-21-17(19)20-3/h8-11,15H,4-7,12H2,1-3H3. The fraction of sp³-hybridized carbons (Fsp3) is 0.529. The third-order valence-electron chi connectivity index (χ3n) is 3.17. The fourth-order valence-electron chi connectivity index (χ4n) is 2.03. The first kappa shape index (κ1) is 18.0. The summed E-state index contributed by atoms with van der Waals surface area (Å²) in [6.45, 7) is 4.08. The molecular formula is C17H24O5. The number of aryl methyl sites for hydroxylation is 1. The van der Waals surface area contributed by atoms with Crippen molar-refractivity contribution in [3.05, 3.63) is 35.4 Å². The zero-order valence-electron chi connectivity index (χ0n) is 13.5. The highest BCUT2D eigenvalue weighted by molar-refractivity contribution is 5.89. The first-order valence-corrected chi connectivity index (χ1v) is 7.61. The Kier molecular flexibility index (Phi) is 8.04. The van der Waals surface area contributed by atoms with Crippen molar-refractivity contribution in [2.75, 3.05) is 13.7 Å². The second-order valence-corrected chi connectivity index (χ2v) is 5.03. The van der Waals surface area contributed by atoms with Crippen LogP contribution in [-0.4, -0.2) is 31.9 Å². The average Bonchev–Trinajstić information content (AvgIpc) is 2.53. The van der Waals surface area contributed by atoms with E-state index in [1.54, 1.807) is 12.1 Å². The maximum Gasteiger partial charge on any atom is 0.508 e. The largest absolute Gasteiger partial charge is 0.508 e. The summed E-state index contributed by atoms with van der Waals surface area (Å²) in [5.41, 5.74) is 1.69. The van der Waals surface area contributed by atoms with Crippen LogP contribution < -0.4 is 0 Å². The third-order valence-corrected chi connectivity index (χ3v) is 3.17. The molecule has 0 saturated carbocycles. The minimum atomic E-state index is -0.777. The highest BCUT2D eigenvalue weighted by Crippen LogP contribution is 2.11.